The van der Waals surface area contributed by atoms with Crippen LogP contribution < -0.4 is 31.6 Å². The summed E-state index contributed by atoms with van der Waals surface area (Å²) in [6, 6.07) is 0.346. The Labute approximate surface area is 258 Å². The van der Waals surface area contributed by atoms with Crippen molar-refractivity contribution in [2.75, 3.05) is 44.8 Å². The number of hydrogen-bond donors (Lipinski definition) is 5. The first-order chi connectivity index (χ1) is 21.2. The van der Waals surface area contributed by atoms with E-state index in [-0.39, 0.29) is 29.7 Å². The minimum Gasteiger partial charge on any atom is -0.474 e. The first-order valence-electron chi connectivity index (χ1n) is 14.9. The van der Waals surface area contributed by atoms with Crippen LogP contribution in [0, 0.1) is 24.0 Å². The highest BCUT2D eigenvalue weighted by Crippen LogP contribution is 2.49. The van der Waals surface area contributed by atoms with Crippen LogP contribution in [0.1, 0.15) is 57.1 Å². The lowest BCUT2D eigenvalue weighted by Crippen LogP contribution is -2.36. The van der Waals surface area contributed by atoms with Gasteiger partial charge in [-0.15, -0.1) is 0 Å². The van der Waals surface area contributed by atoms with E-state index in [0.29, 0.717) is 38.4 Å². The molecular weight excluding hydrogens is 601 g/mol. The van der Waals surface area contributed by atoms with E-state index in [1.807, 2.05) is 0 Å². The van der Waals surface area contributed by atoms with Crippen molar-refractivity contribution >= 4 is 22.4 Å². The maximum absolute atomic E-state index is 16.3. The Kier molecular flexibility index (Phi) is 10.5. The molecule has 2 aromatic heterocycles. The number of aliphatic hydroxyl groups excluding tert-OH is 1. The van der Waals surface area contributed by atoms with Gasteiger partial charge in [0.05, 0.1) is 30.1 Å². The van der Waals surface area contributed by atoms with Gasteiger partial charge < -0.3 is 36.7 Å². The van der Waals surface area contributed by atoms with Crippen molar-refractivity contribution in [3.05, 3.63) is 28.8 Å². The summed E-state index contributed by atoms with van der Waals surface area (Å²) >= 11 is 0. The Morgan fingerprint density at radius 1 is 1.11 bits per heavy atom. The summed E-state index contributed by atoms with van der Waals surface area (Å²) < 4.78 is 85.5. The van der Waals surface area contributed by atoms with Crippen LogP contribution in [0.3, 0.4) is 0 Å². The molecule has 248 valence electrons. The molecule has 1 fully saturated rings. The van der Waals surface area contributed by atoms with Crippen LogP contribution in [-0.4, -0.2) is 65.6 Å². The Bertz CT molecular complexity index is 1520. The van der Waals surface area contributed by atoms with Crippen molar-refractivity contribution in [1.29, 1.82) is 0 Å². The molecule has 0 radical (unpaired) electrons. The molecule has 1 saturated carbocycles. The zero-order valence-corrected chi connectivity index (χ0v) is 25.7. The molecule has 0 spiro atoms. The number of halogens is 5. The Morgan fingerprint density at radius 3 is 2.44 bits per heavy atom. The highest BCUT2D eigenvalue weighted by Gasteiger charge is 2.49. The third-order valence-corrected chi connectivity index (χ3v) is 8.06. The van der Waals surface area contributed by atoms with Gasteiger partial charge in [0.15, 0.2) is 5.82 Å². The molecule has 7 N–H and O–H groups in total. The lowest BCUT2D eigenvalue weighted by Gasteiger charge is -2.22. The van der Waals surface area contributed by atoms with Crippen LogP contribution in [0.25, 0.3) is 22.2 Å². The fraction of sp³-hybridized carbons (Fsp3) is 0.567. The molecule has 15 heteroatoms. The van der Waals surface area contributed by atoms with Crippen molar-refractivity contribution in [2.45, 2.75) is 71.3 Å². The molecule has 0 bridgehead atoms. The molecule has 10 nitrogen and oxygen atoms in total. The van der Waals surface area contributed by atoms with Crippen LogP contribution in [0.2, 0.25) is 0 Å². The zero-order chi connectivity index (χ0) is 33.1. The maximum Gasteiger partial charge on any atom is 0.417 e. The van der Waals surface area contributed by atoms with Crippen LogP contribution in [0.5, 0.6) is 11.9 Å². The molecule has 0 amide bonds. The number of rotatable bonds is 15. The normalized spacial score (nSPS) is 15.7. The number of nitrogens with one attached hydrogen (secondary N) is 2. The summed E-state index contributed by atoms with van der Waals surface area (Å²) in [4.78, 5) is 12.5. The lowest BCUT2D eigenvalue weighted by atomic mass is 9.96. The van der Waals surface area contributed by atoms with Gasteiger partial charge in [-0.1, -0.05) is 13.3 Å². The number of nitrogens with zero attached hydrogens (tertiary/aromatic N) is 3. The average Bonchev–Trinajstić information content (AvgIpc) is 3.76. The molecule has 0 aliphatic heterocycles. The number of benzene rings is 1. The molecule has 3 aromatic rings. The summed E-state index contributed by atoms with van der Waals surface area (Å²) in [6.45, 7) is 6.39. The molecule has 1 aromatic carbocycles. The number of nitrogens with two attached hydrogens (primary N) is 2. The van der Waals surface area contributed by atoms with Crippen molar-refractivity contribution in [2.24, 2.45) is 5.41 Å². The van der Waals surface area contributed by atoms with Gasteiger partial charge in [-0.2, -0.15) is 23.1 Å². The number of likely N-dealkylation sites (N-methyl/N-ethyl adjacent to an activating group) is 1. The maximum atomic E-state index is 16.3. The number of aliphatic hydroxyl groups is 1. The molecule has 45 heavy (non-hydrogen) atoms. The van der Waals surface area contributed by atoms with Crippen LogP contribution >= 0.6 is 0 Å². The Hall–Kier alpha value is -3.56. The number of unbranched alkanes of at least 4 members (excludes halogenated alkanes) is 1. The molecule has 2 atom stereocenters. The summed E-state index contributed by atoms with van der Waals surface area (Å²) in [5, 5.41) is 16.5. The van der Waals surface area contributed by atoms with Gasteiger partial charge in [-0.3, -0.25) is 0 Å². The number of alkyl halides is 3. The molecule has 0 saturated heterocycles. The number of aromatic nitrogens is 3. The van der Waals surface area contributed by atoms with E-state index in [2.05, 4.69) is 32.5 Å². The Morgan fingerprint density at radius 2 is 1.82 bits per heavy atom. The van der Waals surface area contributed by atoms with E-state index in [1.165, 1.54) is 0 Å². The van der Waals surface area contributed by atoms with E-state index >= 15 is 4.39 Å². The van der Waals surface area contributed by atoms with E-state index in [0.717, 1.165) is 26.3 Å². The highest BCUT2D eigenvalue weighted by molar-refractivity contribution is 5.96. The monoisotopic (exact) mass is 641 g/mol. The fourth-order valence-corrected chi connectivity index (χ4v) is 5.18. The van der Waals surface area contributed by atoms with Crippen LogP contribution in [0.4, 0.5) is 33.5 Å². The van der Waals surface area contributed by atoms with Gasteiger partial charge in [-0.25, -0.2) is 13.8 Å². The van der Waals surface area contributed by atoms with Gasteiger partial charge in [0.25, 0.3) is 0 Å². The standard InChI is InChI=1S/C30H40F5N7O3/c1-5-6-10-39-11-7-15(2)45-27-20-25(41-28(42-26(20)37)44-14-29(8-9-29)19(43)13-38-4)23(32)24(40-27)17-12-18(36)22(31)16(3)21(17)30(33,34)35/h12,15,19,38-39,43H,5-11,13-14,36H2,1-4H3,(H2,37,41,42). The Balaban J connectivity index is 1.83. The number of anilines is 2. The molecule has 2 unspecified atom stereocenters. The number of pyridine rings is 1. The van der Waals surface area contributed by atoms with E-state index in [9.17, 15) is 22.7 Å². The summed E-state index contributed by atoms with van der Waals surface area (Å²) in [6.07, 6.45) is -2.50. The largest absolute Gasteiger partial charge is 0.474 e. The number of hydrogen-bond acceptors (Lipinski definition) is 10. The number of nitrogen functional groups attached to an aromatic ring is 2. The first kappa shape index (κ1) is 34.3. The van der Waals surface area contributed by atoms with E-state index in [1.54, 1.807) is 14.0 Å². The second-order valence-electron chi connectivity index (χ2n) is 11.6. The minimum absolute atomic E-state index is 0.00229. The zero-order valence-electron chi connectivity index (χ0n) is 25.7. The SMILES string of the molecule is CCCCNCCC(C)Oc1nc(-c2cc(N)c(F)c(C)c2C(F)(F)F)c(F)c2nc(OCC3(C(O)CNC)CC3)nc(N)c12. The predicted octanol–water partition coefficient (Wildman–Crippen LogP) is 4.75. The number of fused-ring (bicyclic) bond motifs is 1. The highest BCUT2D eigenvalue weighted by atomic mass is 19.4. The van der Waals surface area contributed by atoms with Gasteiger partial charge in [0, 0.05) is 17.5 Å². The van der Waals surface area contributed by atoms with Gasteiger partial charge in [0.1, 0.15) is 28.2 Å². The van der Waals surface area contributed by atoms with Crippen LogP contribution in [0.15, 0.2) is 6.07 Å². The van der Waals surface area contributed by atoms with Crippen molar-refractivity contribution in [3.63, 3.8) is 0 Å². The molecule has 1 aliphatic rings. The average molecular weight is 642 g/mol. The minimum atomic E-state index is -5.08. The lowest BCUT2D eigenvalue weighted by molar-refractivity contribution is -0.137. The second-order valence-corrected chi connectivity index (χ2v) is 11.6. The molecular formula is C30H40F5N7O3. The molecule has 1 aliphatic carbocycles. The van der Waals surface area contributed by atoms with Gasteiger partial charge >= 0.3 is 12.2 Å². The van der Waals surface area contributed by atoms with Gasteiger partial charge in [0.2, 0.25) is 5.88 Å². The fourth-order valence-electron chi connectivity index (χ4n) is 5.18. The van der Waals surface area contributed by atoms with E-state index < -0.39 is 69.0 Å². The third-order valence-electron chi connectivity index (χ3n) is 8.06. The predicted molar refractivity (Wildman–Crippen MR) is 161 cm³/mol. The topological polar surface area (TPSA) is 153 Å². The van der Waals surface area contributed by atoms with Crippen LogP contribution in [-0.2, 0) is 6.18 Å². The van der Waals surface area contributed by atoms with Crippen molar-refractivity contribution < 1.29 is 36.5 Å². The number of ether oxygens (including phenoxy) is 2. The van der Waals surface area contributed by atoms with Crippen molar-refractivity contribution in [1.82, 2.24) is 25.6 Å². The third kappa shape index (κ3) is 7.47. The summed E-state index contributed by atoms with van der Waals surface area (Å²) in [5.41, 5.74) is 6.42. The smallest absolute Gasteiger partial charge is 0.417 e. The molecule has 2 heterocycles. The second kappa shape index (κ2) is 13.8. The quantitative estimate of drug-likeness (QED) is 0.0893. The first-order valence-corrected chi connectivity index (χ1v) is 14.9. The summed E-state index contributed by atoms with van der Waals surface area (Å²) in [5.74, 6) is -3.13. The molecule has 4 rings (SSSR count). The van der Waals surface area contributed by atoms with Crippen molar-refractivity contribution in [3.8, 4) is 23.1 Å². The summed E-state index contributed by atoms with van der Waals surface area (Å²) in [7, 11) is 1.70. The van der Waals surface area contributed by atoms with Gasteiger partial charge in [-0.05, 0) is 71.3 Å². The van der Waals surface area contributed by atoms with E-state index in [4.69, 9.17) is 20.9 Å².